The van der Waals surface area contributed by atoms with Crippen molar-refractivity contribution in [2.45, 2.75) is 253 Å². The van der Waals surface area contributed by atoms with E-state index in [9.17, 15) is 19.2 Å². The summed E-state index contributed by atoms with van der Waals surface area (Å²) in [6.45, 7) is 49.9. The van der Waals surface area contributed by atoms with Gasteiger partial charge in [0.05, 0.1) is 33.0 Å². The number of hydrogen-bond donors (Lipinski definition) is 0. The topological polar surface area (TPSA) is 154 Å². The number of likely N-dealkylation sites (tertiary alicyclic amines) is 2. The molecule has 66 heavy (non-hydrogen) atoms. The normalized spacial score (nSPS) is 16.9. The molecule has 2 aliphatic rings. The summed E-state index contributed by atoms with van der Waals surface area (Å²) in [7, 11) is 0. The molecule has 0 spiro atoms. The SMILES string of the molecule is C.CC(C)(C)c1cn(C(C)(C)C)nn1.CC(C)(C)c1cn(C(C)(C)C)nn1.CC(C)SC1CC(=O)N(C(C)C)C1=O.CC(C)SC1CC(=O)N(C(C)C)C1=O.CC(C)c1ccnn1C(C)C. The van der Waals surface area contributed by atoms with Crippen LogP contribution in [0.15, 0.2) is 24.7 Å². The van der Waals surface area contributed by atoms with Crippen molar-refractivity contribution in [3.8, 4) is 0 Å². The van der Waals surface area contributed by atoms with Crippen molar-refractivity contribution in [2.24, 2.45) is 0 Å². The first-order valence-corrected chi connectivity index (χ1v) is 25.2. The van der Waals surface area contributed by atoms with E-state index in [1.165, 1.54) is 15.5 Å². The Hall–Kier alpha value is -3.53. The van der Waals surface area contributed by atoms with Crippen LogP contribution in [0.4, 0.5) is 0 Å². The molecule has 3 aromatic heterocycles. The van der Waals surface area contributed by atoms with Gasteiger partial charge >= 0.3 is 0 Å². The van der Waals surface area contributed by atoms with Crippen molar-refractivity contribution >= 4 is 47.2 Å². The van der Waals surface area contributed by atoms with E-state index in [0.29, 0.717) is 35.3 Å². The summed E-state index contributed by atoms with van der Waals surface area (Å²) < 4.78 is 5.89. The zero-order chi connectivity index (χ0) is 50.7. The van der Waals surface area contributed by atoms with Crippen LogP contribution < -0.4 is 0 Å². The molecule has 0 saturated carbocycles. The lowest BCUT2D eigenvalue weighted by molar-refractivity contribution is -0.141. The molecule has 0 N–H and O–H groups in total. The maximum absolute atomic E-state index is 11.8. The molecule has 0 aromatic carbocycles. The van der Waals surface area contributed by atoms with E-state index >= 15 is 0 Å². The molecule has 5 heterocycles. The fourth-order valence-electron chi connectivity index (χ4n) is 6.28. The average molecular weight is 961 g/mol. The highest BCUT2D eigenvalue weighted by Gasteiger charge is 2.41. The quantitative estimate of drug-likeness (QED) is 0.198. The standard InChI is InChI=1S/2C10H19N3.2C10H17NO2S.C9H16N2.CH4/c2*1-9(2,3)8-7-13(12-11-8)10(4,5)6;2*1-6(2)11-9(12)5-8(10(11)13)14-7(3)4;1-7(2)9-5-6-10-11(9)8(3)4;/h2*7H,1-6H3;2*6-8H,5H2,1-4H3;5-8H,1-4H3;1H4. The summed E-state index contributed by atoms with van der Waals surface area (Å²) >= 11 is 3.17. The van der Waals surface area contributed by atoms with Crippen molar-refractivity contribution in [1.82, 2.24) is 49.6 Å². The van der Waals surface area contributed by atoms with Crippen LogP contribution in [0.25, 0.3) is 0 Å². The van der Waals surface area contributed by atoms with E-state index in [1.807, 2.05) is 83.3 Å². The molecule has 5 rings (SSSR count). The van der Waals surface area contributed by atoms with Crippen LogP contribution in [0.3, 0.4) is 0 Å². The van der Waals surface area contributed by atoms with Crippen molar-refractivity contribution in [3.05, 3.63) is 41.7 Å². The van der Waals surface area contributed by atoms with E-state index in [-0.39, 0.29) is 75.5 Å². The van der Waals surface area contributed by atoms with Crippen LogP contribution in [0.1, 0.15) is 215 Å². The molecule has 2 unspecified atom stereocenters. The van der Waals surface area contributed by atoms with Crippen LogP contribution >= 0.6 is 23.5 Å². The Morgan fingerprint density at radius 3 is 1.06 bits per heavy atom. The highest BCUT2D eigenvalue weighted by atomic mass is 32.2. The lowest BCUT2D eigenvalue weighted by Gasteiger charge is -2.19. The number of nitrogens with zero attached hydrogens (tertiary/aromatic N) is 10. The Bertz CT molecular complexity index is 1760. The van der Waals surface area contributed by atoms with Crippen LogP contribution in [-0.2, 0) is 41.1 Å². The number of hydrogen-bond acceptors (Lipinski definition) is 11. The molecule has 2 saturated heterocycles. The monoisotopic (exact) mass is 961 g/mol. The molecule has 0 aliphatic carbocycles. The molecule has 16 heteroatoms. The molecule has 378 valence electrons. The highest BCUT2D eigenvalue weighted by Crippen LogP contribution is 2.31. The van der Waals surface area contributed by atoms with E-state index in [2.05, 4.69) is 147 Å². The number of aromatic nitrogens is 8. The van der Waals surface area contributed by atoms with E-state index in [1.54, 1.807) is 23.5 Å². The second-order valence-electron chi connectivity index (χ2n) is 22.5. The Labute approximate surface area is 409 Å². The minimum absolute atomic E-state index is 0. The minimum Gasteiger partial charge on any atom is -0.279 e. The molecular formula is C50H92N10O4S2. The van der Waals surface area contributed by atoms with E-state index < -0.39 is 0 Å². The van der Waals surface area contributed by atoms with Gasteiger partial charge in [-0.05, 0) is 106 Å². The van der Waals surface area contributed by atoms with Crippen LogP contribution in [-0.4, -0.2) is 106 Å². The fourth-order valence-corrected chi connectivity index (χ4v) is 8.53. The number of carbonyl (C=O) groups is 4. The average Bonchev–Trinajstić information content (AvgIpc) is 3.96. The first-order valence-electron chi connectivity index (χ1n) is 23.3. The molecule has 0 radical (unpaired) electrons. The summed E-state index contributed by atoms with van der Waals surface area (Å²) in [6.07, 6.45) is 6.68. The predicted octanol–water partition coefficient (Wildman–Crippen LogP) is 11.2. The number of imide groups is 2. The second-order valence-corrected chi connectivity index (χ2v) is 26.1. The van der Waals surface area contributed by atoms with E-state index in [4.69, 9.17) is 0 Å². The van der Waals surface area contributed by atoms with Gasteiger partial charge in [0.1, 0.15) is 0 Å². The van der Waals surface area contributed by atoms with Gasteiger partial charge in [0, 0.05) is 66.1 Å². The maximum Gasteiger partial charge on any atom is 0.243 e. The molecule has 0 bridgehead atoms. The number of carbonyl (C=O) groups excluding carboxylic acids is 4. The molecule has 2 aliphatic heterocycles. The smallest absolute Gasteiger partial charge is 0.243 e. The number of rotatable bonds is 8. The predicted molar refractivity (Wildman–Crippen MR) is 277 cm³/mol. The third kappa shape index (κ3) is 19.6. The second kappa shape index (κ2) is 25.7. The van der Waals surface area contributed by atoms with Gasteiger partial charge in [-0.15, -0.1) is 33.7 Å². The third-order valence-corrected chi connectivity index (χ3v) is 12.4. The summed E-state index contributed by atoms with van der Waals surface area (Å²) in [5.74, 6) is 0.499. The summed E-state index contributed by atoms with van der Waals surface area (Å²) in [4.78, 5) is 49.4. The molecule has 2 fully saturated rings. The molecule has 14 nitrogen and oxygen atoms in total. The highest BCUT2D eigenvalue weighted by molar-refractivity contribution is 8.01. The zero-order valence-electron chi connectivity index (χ0n) is 44.8. The minimum atomic E-state index is -0.148. The van der Waals surface area contributed by atoms with Crippen LogP contribution in [0.2, 0.25) is 0 Å². The molecule has 3 aromatic rings. The van der Waals surface area contributed by atoms with Gasteiger partial charge in [-0.3, -0.25) is 33.7 Å². The Kier molecular flexibility index (Phi) is 24.4. The third-order valence-electron chi connectivity index (χ3n) is 9.87. The van der Waals surface area contributed by atoms with Gasteiger partial charge < -0.3 is 0 Å². The van der Waals surface area contributed by atoms with Crippen molar-refractivity contribution in [1.29, 1.82) is 0 Å². The summed E-state index contributed by atoms with van der Waals surface area (Å²) in [5, 5.41) is 21.3. The van der Waals surface area contributed by atoms with Gasteiger partial charge in [0.25, 0.3) is 0 Å². The fraction of sp³-hybridized carbons (Fsp3) is 0.780. The van der Waals surface area contributed by atoms with Gasteiger partial charge in [-0.25, -0.2) is 9.36 Å². The van der Waals surface area contributed by atoms with Gasteiger partial charge in [-0.1, -0.05) is 101 Å². The van der Waals surface area contributed by atoms with Crippen molar-refractivity contribution in [3.63, 3.8) is 0 Å². The lowest BCUT2D eigenvalue weighted by atomic mass is 9.93. The van der Waals surface area contributed by atoms with E-state index in [0.717, 1.165) is 11.4 Å². The van der Waals surface area contributed by atoms with Crippen LogP contribution in [0, 0.1) is 0 Å². The van der Waals surface area contributed by atoms with Crippen molar-refractivity contribution in [2.75, 3.05) is 0 Å². The van der Waals surface area contributed by atoms with Crippen molar-refractivity contribution < 1.29 is 19.2 Å². The summed E-state index contributed by atoms with van der Waals surface area (Å²) in [5.41, 5.74) is 3.63. The number of thioether (sulfide) groups is 2. The van der Waals surface area contributed by atoms with Gasteiger partial charge in [0.15, 0.2) is 0 Å². The summed E-state index contributed by atoms with van der Waals surface area (Å²) in [6, 6.07) is 2.55. The molecule has 2 atom stereocenters. The molecular weight excluding hydrogens is 869 g/mol. The Balaban J connectivity index is 0.000000799. The maximum atomic E-state index is 11.8. The van der Waals surface area contributed by atoms with Gasteiger partial charge in [-0.2, -0.15) is 5.10 Å². The Morgan fingerprint density at radius 1 is 0.545 bits per heavy atom. The number of amides is 4. The molecule has 4 amide bonds. The zero-order valence-corrected chi connectivity index (χ0v) is 46.4. The largest absolute Gasteiger partial charge is 0.279 e. The first kappa shape index (κ1) is 62.5. The Morgan fingerprint density at radius 2 is 0.879 bits per heavy atom. The lowest BCUT2D eigenvalue weighted by Crippen LogP contribution is -2.37. The van der Waals surface area contributed by atoms with Gasteiger partial charge in [0.2, 0.25) is 23.6 Å². The van der Waals surface area contributed by atoms with Crippen LogP contribution in [0.5, 0.6) is 0 Å². The first-order chi connectivity index (χ1) is 29.4.